The van der Waals surface area contributed by atoms with Crippen LogP contribution >= 0.6 is 50.0 Å². The Morgan fingerprint density at radius 1 is 0.842 bits per heavy atom. The summed E-state index contributed by atoms with van der Waals surface area (Å²) in [6.07, 6.45) is 0. The molecule has 2 aromatic carbocycles. The van der Waals surface area contributed by atoms with Gasteiger partial charge < -0.3 is 9.05 Å². The quantitative estimate of drug-likeness (QED) is 0.561. The van der Waals surface area contributed by atoms with Crippen LogP contribution in [0, 0.1) is 0 Å². The van der Waals surface area contributed by atoms with Gasteiger partial charge in [-0.1, -0.05) is 24.3 Å². The van der Waals surface area contributed by atoms with Crippen molar-refractivity contribution in [3.8, 4) is 11.5 Å². The first-order valence-corrected chi connectivity index (χ1v) is 9.19. The highest BCUT2D eigenvalue weighted by atomic mass is 79.9. The van der Waals surface area contributed by atoms with Crippen molar-refractivity contribution in [2.75, 3.05) is 0 Å². The second-order valence-corrected chi connectivity index (χ2v) is 7.65. The van der Waals surface area contributed by atoms with Gasteiger partial charge in [-0.3, -0.25) is 0 Å². The normalized spacial score (nSPS) is 11.1. The minimum absolute atomic E-state index is 0.355. The van der Waals surface area contributed by atoms with E-state index in [9.17, 15) is 4.57 Å². The van der Waals surface area contributed by atoms with Gasteiger partial charge in [0.05, 0.1) is 8.95 Å². The Labute approximate surface area is 132 Å². The molecule has 100 valence electrons. The summed E-state index contributed by atoms with van der Waals surface area (Å²) in [6.45, 7) is -3.78. The van der Waals surface area contributed by atoms with Gasteiger partial charge in [0.15, 0.2) is 0 Å². The van der Waals surface area contributed by atoms with Gasteiger partial charge in [-0.2, -0.15) is 0 Å². The molecule has 0 atom stereocenters. The van der Waals surface area contributed by atoms with Gasteiger partial charge in [-0.25, -0.2) is 4.57 Å². The van der Waals surface area contributed by atoms with Gasteiger partial charge >= 0.3 is 6.95 Å². The molecule has 0 aliphatic heterocycles. The van der Waals surface area contributed by atoms with E-state index in [-0.39, 0.29) is 0 Å². The molecule has 0 saturated carbocycles. The average Bonchev–Trinajstić information content (AvgIpc) is 2.35. The average molecular weight is 426 g/mol. The third-order valence-electron chi connectivity index (χ3n) is 2.09. The molecule has 0 bridgehead atoms. The molecule has 0 aliphatic rings. The van der Waals surface area contributed by atoms with Crippen molar-refractivity contribution in [1.82, 2.24) is 0 Å². The molecule has 0 heterocycles. The summed E-state index contributed by atoms with van der Waals surface area (Å²) < 4.78 is 23.9. The third-order valence-corrected chi connectivity index (χ3v) is 4.64. The minimum atomic E-state index is -3.78. The smallest absolute Gasteiger partial charge is 0.404 e. The van der Waals surface area contributed by atoms with Gasteiger partial charge in [0.25, 0.3) is 0 Å². The molecule has 2 aromatic rings. The zero-order valence-electron chi connectivity index (χ0n) is 9.42. The lowest BCUT2D eigenvalue weighted by atomic mass is 10.3. The molecular formula is C12H8Br2ClO3P. The summed E-state index contributed by atoms with van der Waals surface area (Å²) in [6, 6.07) is 13.9. The molecule has 0 aliphatic carbocycles. The SMILES string of the molecule is O=P(Cl)(Oc1ccccc1Br)Oc1ccccc1Br. The van der Waals surface area contributed by atoms with Gasteiger partial charge in [0, 0.05) is 11.2 Å². The summed E-state index contributed by atoms with van der Waals surface area (Å²) in [5.74, 6) is 0.709. The van der Waals surface area contributed by atoms with Gasteiger partial charge in [-0.15, -0.1) is 0 Å². The van der Waals surface area contributed by atoms with Crippen LogP contribution in [0.4, 0.5) is 0 Å². The number of benzene rings is 2. The van der Waals surface area contributed by atoms with Crippen molar-refractivity contribution in [1.29, 1.82) is 0 Å². The Balaban J connectivity index is 2.18. The molecule has 0 amide bonds. The van der Waals surface area contributed by atoms with Crippen LogP contribution < -0.4 is 9.05 Å². The fourth-order valence-electron chi connectivity index (χ4n) is 1.29. The number of rotatable bonds is 4. The molecule has 0 saturated heterocycles. The lowest BCUT2D eigenvalue weighted by Crippen LogP contribution is -1.96. The van der Waals surface area contributed by atoms with E-state index in [1.165, 1.54) is 0 Å². The van der Waals surface area contributed by atoms with Crippen LogP contribution in [0.2, 0.25) is 0 Å². The predicted octanol–water partition coefficient (Wildman–Crippen LogP) is 6.02. The topological polar surface area (TPSA) is 35.5 Å². The summed E-state index contributed by atoms with van der Waals surface area (Å²) in [5, 5.41) is 0. The number of halogens is 3. The maximum atomic E-state index is 12.1. The van der Waals surface area contributed by atoms with Crippen LogP contribution in [0.15, 0.2) is 57.5 Å². The second-order valence-electron chi connectivity index (χ2n) is 3.47. The highest BCUT2D eigenvalue weighted by Gasteiger charge is 2.26. The van der Waals surface area contributed by atoms with Crippen LogP contribution in [0.1, 0.15) is 0 Å². The molecule has 0 radical (unpaired) electrons. The van der Waals surface area contributed by atoms with Crippen molar-refractivity contribution in [3.63, 3.8) is 0 Å². The van der Waals surface area contributed by atoms with E-state index in [2.05, 4.69) is 31.9 Å². The molecule has 3 nitrogen and oxygen atoms in total. The zero-order chi connectivity index (χ0) is 13.9. The predicted molar refractivity (Wildman–Crippen MR) is 83.0 cm³/mol. The molecule has 0 N–H and O–H groups in total. The maximum Gasteiger partial charge on any atom is 0.530 e. The fraction of sp³-hybridized carbons (Fsp3) is 0. The zero-order valence-corrected chi connectivity index (χ0v) is 14.2. The van der Waals surface area contributed by atoms with Crippen molar-refractivity contribution in [2.45, 2.75) is 0 Å². The van der Waals surface area contributed by atoms with Gasteiger partial charge in [-0.05, 0) is 56.1 Å². The Bertz CT molecular complexity index is 584. The third kappa shape index (κ3) is 4.25. The van der Waals surface area contributed by atoms with Crippen molar-refractivity contribution in [3.05, 3.63) is 57.5 Å². The van der Waals surface area contributed by atoms with Crippen molar-refractivity contribution < 1.29 is 13.6 Å². The first kappa shape index (κ1) is 14.9. The van der Waals surface area contributed by atoms with Gasteiger partial charge in [0.2, 0.25) is 0 Å². The van der Waals surface area contributed by atoms with Crippen LogP contribution in [0.5, 0.6) is 11.5 Å². The van der Waals surface area contributed by atoms with Crippen LogP contribution in [-0.4, -0.2) is 0 Å². The van der Waals surface area contributed by atoms with Crippen LogP contribution in [0.3, 0.4) is 0 Å². The minimum Gasteiger partial charge on any atom is -0.404 e. The standard InChI is InChI=1S/C12H8Br2ClO3P/c13-9-5-1-3-7-11(9)17-19(15,16)18-12-8-4-2-6-10(12)14/h1-8H. The Morgan fingerprint density at radius 2 is 1.21 bits per heavy atom. The molecule has 0 aromatic heterocycles. The number of para-hydroxylation sites is 2. The largest absolute Gasteiger partial charge is 0.530 e. The van der Waals surface area contributed by atoms with E-state index in [0.717, 1.165) is 0 Å². The monoisotopic (exact) mass is 424 g/mol. The van der Waals surface area contributed by atoms with E-state index < -0.39 is 6.95 Å². The van der Waals surface area contributed by atoms with E-state index >= 15 is 0 Å². The Hall–Kier alpha value is -0.480. The second kappa shape index (κ2) is 6.31. The highest BCUT2D eigenvalue weighted by molar-refractivity contribution is 9.10. The first-order valence-electron chi connectivity index (χ1n) is 5.16. The molecule has 19 heavy (non-hydrogen) atoms. The molecule has 2 rings (SSSR count). The van der Waals surface area contributed by atoms with E-state index in [1.807, 2.05) is 12.1 Å². The molecule has 0 spiro atoms. The van der Waals surface area contributed by atoms with E-state index in [4.69, 9.17) is 20.3 Å². The number of hydrogen-bond donors (Lipinski definition) is 0. The summed E-state index contributed by atoms with van der Waals surface area (Å²) >= 11 is 12.4. The van der Waals surface area contributed by atoms with Crippen molar-refractivity contribution in [2.24, 2.45) is 0 Å². The summed E-state index contributed by atoms with van der Waals surface area (Å²) in [5.41, 5.74) is 0. The fourth-order valence-corrected chi connectivity index (χ4v) is 3.54. The summed E-state index contributed by atoms with van der Waals surface area (Å²) in [4.78, 5) is 0. The van der Waals surface area contributed by atoms with E-state index in [1.54, 1.807) is 36.4 Å². The molecular weight excluding hydrogens is 418 g/mol. The lowest BCUT2D eigenvalue weighted by molar-refractivity contribution is 0.404. The van der Waals surface area contributed by atoms with Crippen LogP contribution in [0.25, 0.3) is 0 Å². The Kier molecular flexibility index (Phi) is 4.96. The Morgan fingerprint density at radius 3 is 1.58 bits per heavy atom. The van der Waals surface area contributed by atoms with Crippen molar-refractivity contribution >= 4 is 50.0 Å². The lowest BCUT2D eigenvalue weighted by Gasteiger charge is -2.15. The highest BCUT2D eigenvalue weighted by Crippen LogP contribution is 2.55. The maximum absolute atomic E-state index is 12.1. The van der Waals surface area contributed by atoms with E-state index in [0.29, 0.717) is 20.4 Å². The van der Waals surface area contributed by atoms with Crippen LogP contribution in [-0.2, 0) is 4.57 Å². The molecule has 7 heteroatoms. The summed E-state index contributed by atoms with van der Waals surface area (Å²) in [7, 11) is 0. The molecule has 0 unspecified atom stereocenters. The van der Waals surface area contributed by atoms with Gasteiger partial charge in [0.1, 0.15) is 11.5 Å². The molecule has 0 fully saturated rings. The number of hydrogen-bond acceptors (Lipinski definition) is 3. The first-order chi connectivity index (χ1) is 8.98.